The summed E-state index contributed by atoms with van der Waals surface area (Å²) in [6, 6.07) is 0. The van der Waals surface area contributed by atoms with Crippen molar-refractivity contribution in [2.75, 3.05) is 0 Å². The lowest BCUT2D eigenvalue weighted by Gasteiger charge is -2.27. The lowest BCUT2D eigenvalue weighted by molar-refractivity contribution is 0.318. The van der Waals surface area contributed by atoms with E-state index < -0.39 is 23.3 Å². The van der Waals surface area contributed by atoms with Gasteiger partial charge in [0.25, 0.3) is 0 Å². The summed E-state index contributed by atoms with van der Waals surface area (Å²) in [6.45, 7) is 2.25. The first-order valence-corrected chi connectivity index (χ1v) is 8.84. The molecule has 0 aromatic rings. The topological polar surface area (TPSA) is 0 Å². The highest BCUT2D eigenvalue weighted by molar-refractivity contribution is 5.52. The summed E-state index contributed by atoms with van der Waals surface area (Å²) in [6.07, 6.45) is 11.9. The van der Waals surface area contributed by atoms with Crippen molar-refractivity contribution >= 4 is 0 Å². The fourth-order valence-electron chi connectivity index (χ4n) is 3.72. The molecule has 0 aromatic heterocycles. The summed E-state index contributed by atoms with van der Waals surface area (Å²) in [4.78, 5) is 0. The number of allylic oxidation sites excluding steroid dienone is 12. The second-order valence-corrected chi connectivity index (χ2v) is 7.12. The van der Waals surface area contributed by atoms with Gasteiger partial charge in [0.1, 0.15) is 5.83 Å². The van der Waals surface area contributed by atoms with Gasteiger partial charge in [-0.1, -0.05) is 37.5 Å². The van der Waals surface area contributed by atoms with Gasteiger partial charge < -0.3 is 0 Å². The van der Waals surface area contributed by atoms with Crippen molar-refractivity contribution in [1.82, 2.24) is 0 Å². The smallest absolute Gasteiger partial charge is 0.194 e. The highest BCUT2D eigenvalue weighted by atomic mass is 19.2. The second kappa shape index (κ2) is 7.59. The van der Waals surface area contributed by atoms with Gasteiger partial charge in [0, 0.05) is 5.57 Å². The molecule has 3 aliphatic rings. The molecule has 4 heteroatoms. The zero-order valence-corrected chi connectivity index (χ0v) is 14.3. The largest absolute Gasteiger partial charge is 0.207 e. The highest BCUT2D eigenvalue weighted by Gasteiger charge is 2.23. The number of hydrogen-bond donors (Lipinski definition) is 0. The molecule has 0 heterocycles. The molecule has 0 spiro atoms. The Kier molecular flexibility index (Phi) is 5.45. The average molecular weight is 350 g/mol. The first-order valence-electron chi connectivity index (χ1n) is 8.84. The van der Waals surface area contributed by atoms with Crippen LogP contribution in [0.1, 0.15) is 45.4 Å². The van der Waals surface area contributed by atoms with Gasteiger partial charge in [-0.05, 0) is 61.3 Å². The van der Waals surface area contributed by atoms with E-state index in [1.165, 1.54) is 24.5 Å². The molecule has 134 valence electrons. The molecule has 0 bridgehead atoms. The molecule has 1 fully saturated rings. The van der Waals surface area contributed by atoms with E-state index in [4.69, 9.17) is 0 Å². The summed E-state index contributed by atoms with van der Waals surface area (Å²) in [5.74, 6) is -3.35. The van der Waals surface area contributed by atoms with Crippen molar-refractivity contribution in [3.05, 3.63) is 70.4 Å². The van der Waals surface area contributed by atoms with Crippen LogP contribution in [0.3, 0.4) is 0 Å². The van der Waals surface area contributed by atoms with Gasteiger partial charge >= 0.3 is 0 Å². The van der Waals surface area contributed by atoms with Crippen molar-refractivity contribution in [1.29, 1.82) is 0 Å². The van der Waals surface area contributed by atoms with Gasteiger partial charge in [-0.15, -0.1) is 0 Å². The molecule has 25 heavy (non-hydrogen) atoms. The second-order valence-electron chi connectivity index (χ2n) is 7.12. The molecule has 0 radical (unpaired) electrons. The average Bonchev–Trinajstić information content (AvgIpc) is 2.86. The van der Waals surface area contributed by atoms with E-state index in [-0.39, 0.29) is 17.6 Å². The van der Waals surface area contributed by atoms with E-state index in [0.717, 1.165) is 30.9 Å². The van der Waals surface area contributed by atoms with E-state index >= 15 is 0 Å². The third-order valence-corrected chi connectivity index (χ3v) is 5.35. The third-order valence-electron chi connectivity index (χ3n) is 5.35. The summed E-state index contributed by atoms with van der Waals surface area (Å²) in [5, 5.41) is 0. The Morgan fingerprint density at radius 2 is 1.52 bits per heavy atom. The molecule has 0 nitrogen and oxygen atoms in total. The number of hydrogen-bond acceptors (Lipinski definition) is 0. The number of rotatable bonds is 2. The van der Waals surface area contributed by atoms with Gasteiger partial charge in [-0.2, -0.15) is 0 Å². The van der Waals surface area contributed by atoms with Crippen LogP contribution in [0.15, 0.2) is 70.4 Å². The minimum absolute atomic E-state index is 0.0517. The normalized spacial score (nSPS) is 28.3. The maximum atomic E-state index is 14.5. The summed E-state index contributed by atoms with van der Waals surface area (Å²) in [7, 11) is 0. The Morgan fingerprint density at radius 1 is 0.840 bits per heavy atom. The Hall–Kier alpha value is -1.84. The molecule has 0 unspecified atom stereocenters. The van der Waals surface area contributed by atoms with Crippen LogP contribution >= 0.6 is 0 Å². The molecule has 1 saturated carbocycles. The van der Waals surface area contributed by atoms with Gasteiger partial charge in [0.15, 0.2) is 17.5 Å². The van der Waals surface area contributed by atoms with Gasteiger partial charge in [0.05, 0.1) is 0 Å². The molecule has 0 saturated heterocycles. The molecule has 0 atom stereocenters. The van der Waals surface area contributed by atoms with Crippen LogP contribution in [-0.2, 0) is 0 Å². The molecule has 3 rings (SSSR count). The van der Waals surface area contributed by atoms with Crippen molar-refractivity contribution in [3.8, 4) is 0 Å². The Labute approximate surface area is 146 Å². The van der Waals surface area contributed by atoms with Crippen LogP contribution < -0.4 is 0 Å². The van der Waals surface area contributed by atoms with Crippen LogP contribution in [-0.4, -0.2) is 0 Å². The van der Waals surface area contributed by atoms with E-state index in [1.54, 1.807) is 6.08 Å². The Bertz CT molecular complexity index is 723. The van der Waals surface area contributed by atoms with Crippen molar-refractivity contribution in [3.63, 3.8) is 0 Å². The molecule has 0 aromatic carbocycles. The SMILES string of the molecule is CC1CCC(C2=CC=C(C3=CC(F)=C(F)C(F)=CC3)C(F)=CC2)CC1. The monoisotopic (exact) mass is 350 g/mol. The Morgan fingerprint density at radius 3 is 2.24 bits per heavy atom. The van der Waals surface area contributed by atoms with Gasteiger partial charge in [0.2, 0.25) is 0 Å². The fraction of sp³-hybridized carbons (Fsp3) is 0.429. The molecule has 0 amide bonds. The molecular weight excluding hydrogens is 328 g/mol. The molecular formula is C21H22F4. The van der Waals surface area contributed by atoms with Gasteiger partial charge in [-0.25, -0.2) is 17.6 Å². The minimum Gasteiger partial charge on any atom is -0.207 e. The van der Waals surface area contributed by atoms with Crippen LogP contribution in [0.5, 0.6) is 0 Å². The van der Waals surface area contributed by atoms with E-state index in [0.29, 0.717) is 12.3 Å². The molecule has 3 aliphatic carbocycles. The van der Waals surface area contributed by atoms with Crippen LogP contribution in [0.25, 0.3) is 0 Å². The van der Waals surface area contributed by atoms with Crippen LogP contribution in [0.2, 0.25) is 0 Å². The van der Waals surface area contributed by atoms with Crippen molar-refractivity contribution in [2.45, 2.75) is 45.4 Å². The summed E-state index contributed by atoms with van der Waals surface area (Å²) >= 11 is 0. The first kappa shape index (κ1) is 18.0. The number of halogens is 4. The summed E-state index contributed by atoms with van der Waals surface area (Å²) in [5.41, 5.74) is 1.62. The minimum atomic E-state index is -1.53. The lowest BCUT2D eigenvalue weighted by atomic mass is 9.78. The lowest BCUT2D eigenvalue weighted by Crippen LogP contribution is -2.14. The maximum Gasteiger partial charge on any atom is 0.194 e. The predicted molar refractivity (Wildman–Crippen MR) is 92.2 cm³/mol. The fourth-order valence-corrected chi connectivity index (χ4v) is 3.72. The summed E-state index contributed by atoms with van der Waals surface area (Å²) < 4.78 is 54.9. The quantitative estimate of drug-likeness (QED) is 0.460. The van der Waals surface area contributed by atoms with E-state index in [1.807, 2.05) is 6.08 Å². The molecule has 0 N–H and O–H groups in total. The first-order chi connectivity index (χ1) is 12.0. The van der Waals surface area contributed by atoms with Crippen LogP contribution in [0.4, 0.5) is 17.6 Å². The Balaban J connectivity index is 1.87. The highest BCUT2D eigenvalue weighted by Crippen LogP contribution is 2.38. The molecule has 0 aliphatic heterocycles. The van der Waals surface area contributed by atoms with E-state index in [9.17, 15) is 17.6 Å². The van der Waals surface area contributed by atoms with Gasteiger partial charge in [-0.3, -0.25) is 0 Å². The van der Waals surface area contributed by atoms with Crippen molar-refractivity contribution in [2.24, 2.45) is 11.8 Å². The predicted octanol–water partition coefficient (Wildman–Crippen LogP) is 7.26. The zero-order valence-electron chi connectivity index (χ0n) is 14.3. The maximum absolute atomic E-state index is 14.5. The van der Waals surface area contributed by atoms with Crippen molar-refractivity contribution < 1.29 is 17.6 Å². The zero-order chi connectivity index (χ0) is 18.0. The van der Waals surface area contributed by atoms with E-state index in [2.05, 4.69) is 6.92 Å². The third kappa shape index (κ3) is 4.05. The van der Waals surface area contributed by atoms with Crippen LogP contribution in [0, 0.1) is 11.8 Å². The standard InChI is InChI=1S/C21H22F4/c1-13-2-4-14(5-3-13)15-6-9-17(18(22)10-7-15)16-8-11-19(23)21(25)20(24)12-16/h6,9-14H,2-5,7-8H2,1H3.